The molecule has 154 valence electrons. The third kappa shape index (κ3) is 7.17. The van der Waals surface area contributed by atoms with Gasteiger partial charge in [0.2, 0.25) is 0 Å². The summed E-state index contributed by atoms with van der Waals surface area (Å²) in [6, 6.07) is 18.1. The summed E-state index contributed by atoms with van der Waals surface area (Å²) in [5, 5.41) is 1.74. The number of benzene rings is 2. The number of rotatable bonds is 7. The molecule has 8 heteroatoms. The van der Waals surface area contributed by atoms with E-state index in [9.17, 15) is 14.4 Å². The molecule has 0 aliphatic heterocycles. The molecule has 0 spiro atoms. The van der Waals surface area contributed by atoms with Crippen LogP contribution in [-0.4, -0.2) is 48.4 Å². The second-order valence-corrected chi connectivity index (χ2v) is 5.97. The van der Waals surface area contributed by atoms with E-state index in [1.54, 1.807) is 31.2 Å². The van der Waals surface area contributed by atoms with E-state index >= 15 is 0 Å². The lowest BCUT2D eigenvalue weighted by molar-refractivity contribution is -0.147. The van der Waals surface area contributed by atoms with Crippen LogP contribution in [0.15, 0.2) is 60.7 Å². The van der Waals surface area contributed by atoms with Gasteiger partial charge in [-0.15, -0.1) is 0 Å². The Morgan fingerprint density at radius 2 is 1.24 bits per heavy atom. The number of hydrogen-bond acceptors (Lipinski definition) is 6. The summed E-state index contributed by atoms with van der Waals surface area (Å²) in [6.07, 6.45) is -1.68. The third-order valence-electron chi connectivity index (χ3n) is 3.83. The van der Waals surface area contributed by atoms with Crippen molar-refractivity contribution >= 4 is 18.2 Å². The first-order valence-electron chi connectivity index (χ1n) is 9.09. The molecule has 0 radical (unpaired) electrons. The number of nitrogens with zero attached hydrogens (tertiary/aromatic N) is 2. The maximum atomic E-state index is 12.5. The molecular formula is C21H24N2O6. The van der Waals surface area contributed by atoms with Crippen LogP contribution in [-0.2, 0) is 32.2 Å². The van der Waals surface area contributed by atoms with Crippen molar-refractivity contribution in [1.82, 2.24) is 10.0 Å². The molecule has 2 amide bonds. The van der Waals surface area contributed by atoms with Crippen molar-refractivity contribution in [3.8, 4) is 0 Å². The Hall–Kier alpha value is -3.55. The monoisotopic (exact) mass is 400 g/mol. The van der Waals surface area contributed by atoms with Crippen LogP contribution < -0.4 is 0 Å². The molecule has 0 atom stereocenters. The zero-order valence-corrected chi connectivity index (χ0v) is 16.4. The molecule has 0 fully saturated rings. The summed E-state index contributed by atoms with van der Waals surface area (Å²) in [4.78, 5) is 36.8. The first kappa shape index (κ1) is 21.7. The first-order chi connectivity index (χ1) is 14.0. The van der Waals surface area contributed by atoms with Crippen molar-refractivity contribution in [3.05, 3.63) is 71.8 Å². The molecule has 0 bridgehead atoms. The lowest BCUT2D eigenvalue weighted by Gasteiger charge is -2.29. The number of carbonyl (C=O) groups excluding carboxylic acids is 3. The van der Waals surface area contributed by atoms with E-state index in [1.807, 2.05) is 36.4 Å². The van der Waals surface area contributed by atoms with Gasteiger partial charge in [0.15, 0.2) is 0 Å². The van der Waals surface area contributed by atoms with Crippen molar-refractivity contribution < 1.29 is 28.6 Å². The predicted molar refractivity (Wildman–Crippen MR) is 104 cm³/mol. The fourth-order valence-corrected chi connectivity index (χ4v) is 2.33. The van der Waals surface area contributed by atoms with Gasteiger partial charge < -0.3 is 14.2 Å². The highest BCUT2D eigenvalue weighted by Crippen LogP contribution is 2.08. The predicted octanol–water partition coefficient (Wildman–Crippen LogP) is 3.37. The Morgan fingerprint density at radius 1 is 0.759 bits per heavy atom. The molecule has 2 aromatic carbocycles. The zero-order chi connectivity index (χ0) is 21.1. The van der Waals surface area contributed by atoms with E-state index in [1.165, 1.54) is 7.05 Å². The van der Waals surface area contributed by atoms with E-state index in [4.69, 9.17) is 14.2 Å². The standard InChI is InChI=1S/C21H24N2O6/c1-3-27-19(24)14-23(21(26)29-16-18-12-8-5-9-13-18)22(2)20(25)28-15-17-10-6-4-7-11-17/h4-13H,3,14-16H2,1-2H3. The lowest BCUT2D eigenvalue weighted by Crippen LogP contribution is -2.50. The minimum Gasteiger partial charge on any atom is -0.465 e. The average molecular weight is 400 g/mol. The van der Waals surface area contributed by atoms with Gasteiger partial charge in [0, 0.05) is 7.05 Å². The van der Waals surface area contributed by atoms with Crippen LogP contribution in [0.25, 0.3) is 0 Å². The van der Waals surface area contributed by atoms with Gasteiger partial charge in [0.1, 0.15) is 19.8 Å². The van der Waals surface area contributed by atoms with E-state index < -0.39 is 24.7 Å². The maximum absolute atomic E-state index is 12.5. The Morgan fingerprint density at radius 3 is 1.72 bits per heavy atom. The summed E-state index contributed by atoms with van der Waals surface area (Å²) in [7, 11) is 1.32. The molecule has 0 heterocycles. The highest BCUT2D eigenvalue weighted by Gasteiger charge is 2.28. The molecule has 0 aliphatic rings. The minimum absolute atomic E-state index is 0.00803. The van der Waals surface area contributed by atoms with Crippen molar-refractivity contribution in [2.75, 3.05) is 20.2 Å². The van der Waals surface area contributed by atoms with Crippen LogP contribution >= 0.6 is 0 Å². The summed E-state index contributed by atoms with van der Waals surface area (Å²) in [5.41, 5.74) is 1.56. The van der Waals surface area contributed by atoms with Gasteiger partial charge >= 0.3 is 18.2 Å². The number of ether oxygens (including phenoxy) is 3. The van der Waals surface area contributed by atoms with Crippen molar-refractivity contribution in [2.24, 2.45) is 0 Å². The Labute approximate surface area is 169 Å². The highest BCUT2D eigenvalue weighted by molar-refractivity contribution is 5.80. The molecule has 0 unspecified atom stereocenters. The van der Waals surface area contributed by atoms with Crippen LogP contribution in [0.2, 0.25) is 0 Å². The van der Waals surface area contributed by atoms with Crippen LogP contribution in [0.3, 0.4) is 0 Å². The quantitative estimate of drug-likeness (QED) is 0.402. The van der Waals surface area contributed by atoms with Crippen molar-refractivity contribution in [1.29, 1.82) is 0 Å². The second-order valence-electron chi connectivity index (χ2n) is 5.97. The molecule has 8 nitrogen and oxygen atoms in total. The van der Waals surface area contributed by atoms with Gasteiger partial charge in [-0.25, -0.2) is 19.6 Å². The fourth-order valence-electron chi connectivity index (χ4n) is 2.33. The number of hydrazine groups is 1. The zero-order valence-electron chi connectivity index (χ0n) is 16.4. The smallest absolute Gasteiger partial charge is 0.429 e. The summed E-state index contributed by atoms with van der Waals surface area (Å²) in [6.45, 7) is 1.32. The van der Waals surface area contributed by atoms with E-state index in [0.717, 1.165) is 21.1 Å². The first-order valence-corrected chi connectivity index (χ1v) is 9.09. The van der Waals surface area contributed by atoms with Crippen LogP contribution in [0.1, 0.15) is 18.1 Å². The number of carbonyl (C=O) groups is 3. The largest absolute Gasteiger partial charge is 0.465 e. The van der Waals surface area contributed by atoms with Crippen LogP contribution in [0.5, 0.6) is 0 Å². The number of esters is 1. The van der Waals surface area contributed by atoms with Crippen molar-refractivity contribution in [2.45, 2.75) is 20.1 Å². The molecule has 2 aromatic rings. The normalized spacial score (nSPS) is 10.0. The third-order valence-corrected chi connectivity index (χ3v) is 3.83. The number of amides is 2. The molecule has 0 saturated heterocycles. The Balaban J connectivity index is 2.01. The molecule has 0 saturated carbocycles. The minimum atomic E-state index is -0.874. The Bertz CT molecular complexity index is 797. The topological polar surface area (TPSA) is 85.4 Å². The van der Waals surface area contributed by atoms with Gasteiger partial charge in [-0.1, -0.05) is 60.7 Å². The van der Waals surface area contributed by atoms with Crippen molar-refractivity contribution in [3.63, 3.8) is 0 Å². The number of hydrogen-bond donors (Lipinski definition) is 0. The molecular weight excluding hydrogens is 376 g/mol. The van der Waals surface area contributed by atoms with E-state index in [-0.39, 0.29) is 19.8 Å². The maximum Gasteiger partial charge on any atom is 0.429 e. The molecule has 0 aromatic heterocycles. The Kier molecular flexibility index (Phi) is 8.50. The van der Waals surface area contributed by atoms with Gasteiger partial charge in [-0.2, -0.15) is 0 Å². The summed E-state index contributed by atoms with van der Waals surface area (Å²) >= 11 is 0. The van der Waals surface area contributed by atoms with Crippen LogP contribution in [0.4, 0.5) is 9.59 Å². The molecule has 0 N–H and O–H groups in total. The van der Waals surface area contributed by atoms with Gasteiger partial charge in [0.05, 0.1) is 6.61 Å². The molecule has 0 aliphatic carbocycles. The van der Waals surface area contributed by atoms with Crippen LogP contribution in [0, 0.1) is 0 Å². The van der Waals surface area contributed by atoms with Gasteiger partial charge in [0.25, 0.3) is 0 Å². The summed E-state index contributed by atoms with van der Waals surface area (Å²) < 4.78 is 15.3. The SMILES string of the molecule is CCOC(=O)CN(C(=O)OCc1ccccc1)N(C)C(=O)OCc1ccccc1. The van der Waals surface area contributed by atoms with Gasteiger partial charge in [-0.05, 0) is 18.1 Å². The second kappa shape index (κ2) is 11.3. The average Bonchev–Trinajstić information content (AvgIpc) is 2.75. The lowest BCUT2D eigenvalue weighted by atomic mass is 10.2. The van der Waals surface area contributed by atoms with E-state index in [2.05, 4.69) is 0 Å². The fraction of sp³-hybridized carbons (Fsp3) is 0.286. The summed E-state index contributed by atoms with van der Waals surface area (Å²) in [5.74, 6) is -0.674. The highest BCUT2D eigenvalue weighted by atomic mass is 16.6. The van der Waals surface area contributed by atoms with E-state index in [0.29, 0.717) is 0 Å². The molecule has 29 heavy (non-hydrogen) atoms. The molecule has 2 rings (SSSR count). The van der Waals surface area contributed by atoms with Gasteiger partial charge in [-0.3, -0.25) is 4.79 Å².